The molecule has 0 atom stereocenters. The van der Waals surface area contributed by atoms with Gasteiger partial charge in [0.15, 0.2) is 0 Å². The number of benzene rings is 2. The Kier molecular flexibility index (Phi) is 8.12. The van der Waals surface area contributed by atoms with Gasteiger partial charge in [-0.15, -0.1) is 6.42 Å². The number of fused-ring (bicyclic) bond motifs is 1. The van der Waals surface area contributed by atoms with Crippen LogP contribution in [0.15, 0.2) is 73.3 Å². The molecule has 168 valence electrons. The van der Waals surface area contributed by atoms with Gasteiger partial charge in [-0.05, 0) is 49.1 Å². The lowest BCUT2D eigenvalue weighted by molar-refractivity contribution is 0.384. The first kappa shape index (κ1) is 23.9. The van der Waals surface area contributed by atoms with E-state index in [4.69, 9.17) is 28.0 Å². The number of hydrogen-bond acceptors (Lipinski definition) is 5. The van der Waals surface area contributed by atoms with E-state index < -0.39 is 0 Å². The molecule has 0 unspecified atom stereocenters. The van der Waals surface area contributed by atoms with Gasteiger partial charge in [-0.3, -0.25) is 0 Å². The Bertz CT molecular complexity index is 1240. The van der Waals surface area contributed by atoms with Crippen molar-refractivity contribution in [3.8, 4) is 23.6 Å². The maximum atomic E-state index is 9.37. The average molecular weight is 459 g/mol. The molecule has 1 heterocycles. The van der Waals surface area contributed by atoms with Gasteiger partial charge in [0.25, 0.3) is 0 Å². The summed E-state index contributed by atoms with van der Waals surface area (Å²) in [7, 11) is 1.76. The van der Waals surface area contributed by atoms with E-state index in [0.29, 0.717) is 22.8 Å². The highest BCUT2D eigenvalue weighted by atomic mass is 35.5. The van der Waals surface area contributed by atoms with Crippen LogP contribution >= 0.6 is 11.6 Å². The minimum Gasteiger partial charge on any atom is -0.513 e. The third-order valence-electron chi connectivity index (χ3n) is 5.15. The van der Waals surface area contributed by atoms with Crippen molar-refractivity contribution in [2.24, 2.45) is 0 Å². The number of terminal acetylenes is 1. The number of aryl methyl sites for hydroxylation is 1. The quantitative estimate of drug-likeness (QED) is 0.198. The maximum absolute atomic E-state index is 9.37. The fraction of sp³-hybridized carbons (Fsp3) is 0.185. The summed E-state index contributed by atoms with van der Waals surface area (Å²) >= 11 is 6.08. The molecule has 0 radical (unpaired) electrons. The highest BCUT2D eigenvalue weighted by Crippen LogP contribution is 2.27. The van der Waals surface area contributed by atoms with E-state index in [1.807, 2.05) is 42.5 Å². The summed E-state index contributed by atoms with van der Waals surface area (Å²) in [4.78, 5) is 9.87. The lowest BCUT2D eigenvalue weighted by Crippen LogP contribution is -2.10. The molecule has 0 bridgehead atoms. The molecule has 0 fully saturated rings. The van der Waals surface area contributed by atoms with Crippen molar-refractivity contribution in [3.63, 3.8) is 0 Å². The smallest absolute Gasteiger partial charge is 0.101 e. The number of aliphatic hydroxyl groups excluding tert-OH is 1. The van der Waals surface area contributed by atoms with Crippen LogP contribution in [0.4, 0.5) is 0 Å². The van der Waals surface area contributed by atoms with E-state index in [1.165, 1.54) is 0 Å². The van der Waals surface area contributed by atoms with Crippen LogP contribution in [-0.4, -0.2) is 22.1 Å². The molecule has 33 heavy (non-hydrogen) atoms. The molecular formula is C27H27ClN4O. The second kappa shape index (κ2) is 11.2. The number of halogens is 1. The lowest BCUT2D eigenvalue weighted by atomic mass is 10.0. The van der Waals surface area contributed by atoms with Gasteiger partial charge < -0.3 is 15.7 Å². The molecule has 0 aliphatic carbocycles. The van der Waals surface area contributed by atoms with Crippen LogP contribution in [0.5, 0.6) is 0 Å². The second-order valence-corrected chi connectivity index (χ2v) is 8.01. The SMILES string of the molecule is C#C/C(=C\NC(=C)c1ccc2nc(-c3ccc(Cl)cc3)c(CCCCC(=C)O)nc2c1)NC. The number of aromatic nitrogens is 2. The topological polar surface area (TPSA) is 70.1 Å². The van der Waals surface area contributed by atoms with Crippen molar-refractivity contribution in [2.45, 2.75) is 25.7 Å². The molecule has 0 saturated carbocycles. The Balaban J connectivity index is 1.96. The van der Waals surface area contributed by atoms with E-state index in [9.17, 15) is 5.11 Å². The lowest BCUT2D eigenvalue weighted by Gasteiger charge is -2.12. The molecule has 0 amide bonds. The number of nitrogens with zero attached hydrogens (tertiary/aromatic N) is 2. The minimum absolute atomic E-state index is 0.202. The molecule has 6 heteroatoms. The zero-order valence-electron chi connectivity index (χ0n) is 18.7. The van der Waals surface area contributed by atoms with Gasteiger partial charge in [0.2, 0.25) is 0 Å². The van der Waals surface area contributed by atoms with Crippen LogP contribution in [0.2, 0.25) is 5.02 Å². The van der Waals surface area contributed by atoms with Crippen LogP contribution in [0.3, 0.4) is 0 Å². The van der Waals surface area contributed by atoms with Gasteiger partial charge >= 0.3 is 0 Å². The molecule has 0 spiro atoms. The maximum Gasteiger partial charge on any atom is 0.101 e. The van der Waals surface area contributed by atoms with Crippen LogP contribution in [-0.2, 0) is 6.42 Å². The first-order valence-electron chi connectivity index (χ1n) is 10.6. The summed E-state index contributed by atoms with van der Waals surface area (Å²) in [6.07, 6.45) is 10.1. The van der Waals surface area contributed by atoms with Crippen LogP contribution in [0.1, 0.15) is 30.5 Å². The Morgan fingerprint density at radius 2 is 1.88 bits per heavy atom. The zero-order valence-corrected chi connectivity index (χ0v) is 19.4. The summed E-state index contributed by atoms with van der Waals surface area (Å²) in [5.74, 6) is 2.75. The van der Waals surface area contributed by atoms with E-state index in [2.05, 4.69) is 29.7 Å². The van der Waals surface area contributed by atoms with Crippen LogP contribution < -0.4 is 10.6 Å². The molecule has 3 rings (SSSR count). The van der Waals surface area contributed by atoms with Gasteiger partial charge in [-0.1, -0.05) is 48.9 Å². The largest absolute Gasteiger partial charge is 0.513 e. The fourth-order valence-corrected chi connectivity index (χ4v) is 3.47. The highest BCUT2D eigenvalue weighted by Gasteiger charge is 2.12. The fourth-order valence-electron chi connectivity index (χ4n) is 3.34. The van der Waals surface area contributed by atoms with Gasteiger partial charge in [0.05, 0.1) is 28.2 Å². The number of allylic oxidation sites excluding steroid dienone is 2. The first-order valence-corrected chi connectivity index (χ1v) is 11.0. The van der Waals surface area contributed by atoms with E-state index in [1.54, 1.807) is 13.2 Å². The normalized spacial score (nSPS) is 11.1. The average Bonchev–Trinajstić information content (AvgIpc) is 2.82. The third-order valence-corrected chi connectivity index (χ3v) is 5.40. The molecule has 0 aliphatic heterocycles. The molecule has 0 aliphatic rings. The standard InChI is InChI=1S/C27H27ClN4O/c1-5-23(29-4)17-30-19(3)21-12-15-24-26(16-21)31-25(9-7-6-8-18(2)33)27(32-24)20-10-13-22(28)14-11-20/h1,10-17,29-30,33H,2-3,6-9H2,4H3/b23-17+. The van der Waals surface area contributed by atoms with Gasteiger partial charge in [0, 0.05) is 36.0 Å². The zero-order chi connectivity index (χ0) is 23.8. The van der Waals surface area contributed by atoms with Crippen molar-refractivity contribution >= 4 is 28.3 Å². The number of nitrogens with one attached hydrogen (secondary N) is 2. The van der Waals surface area contributed by atoms with Crippen molar-refractivity contribution in [3.05, 3.63) is 89.6 Å². The number of unbranched alkanes of at least 4 members (excludes halogenated alkanes) is 1. The van der Waals surface area contributed by atoms with Crippen molar-refractivity contribution in [1.29, 1.82) is 0 Å². The van der Waals surface area contributed by atoms with E-state index in [0.717, 1.165) is 52.8 Å². The summed E-state index contributed by atoms with van der Waals surface area (Å²) in [6.45, 7) is 7.66. The predicted molar refractivity (Wildman–Crippen MR) is 137 cm³/mol. The number of hydrogen-bond donors (Lipinski definition) is 3. The van der Waals surface area contributed by atoms with E-state index in [-0.39, 0.29) is 5.76 Å². The Hall–Kier alpha value is -3.75. The summed E-state index contributed by atoms with van der Waals surface area (Å²) in [6, 6.07) is 13.5. The summed E-state index contributed by atoms with van der Waals surface area (Å²) in [5, 5.41) is 16.1. The molecular weight excluding hydrogens is 432 g/mol. The van der Waals surface area contributed by atoms with Gasteiger partial charge in [-0.2, -0.15) is 0 Å². The number of rotatable bonds is 10. The Labute approximate surface area is 199 Å². The molecule has 0 saturated heterocycles. The van der Waals surface area contributed by atoms with Gasteiger partial charge in [0.1, 0.15) is 5.70 Å². The number of aliphatic hydroxyl groups is 1. The van der Waals surface area contributed by atoms with E-state index >= 15 is 0 Å². The van der Waals surface area contributed by atoms with Crippen molar-refractivity contribution < 1.29 is 5.11 Å². The molecule has 2 aromatic carbocycles. The molecule has 5 nitrogen and oxygen atoms in total. The minimum atomic E-state index is 0.202. The molecule has 3 N–H and O–H groups in total. The Morgan fingerprint density at radius 3 is 2.55 bits per heavy atom. The van der Waals surface area contributed by atoms with Crippen LogP contribution in [0.25, 0.3) is 28.0 Å². The predicted octanol–water partition coefficient (Wildman–Crippen LogP) is 5.99. The second-order valence-electron chi connectivity index (χ2n) is 7.58. The summed E-state index contributed by atoms with van der Waals surface area (Å²) in [5.41, 5.74) is 6.48. The third kappa shape index (κ3) is 6.38. The summed E-state index contributed by atoms with van der Waals surface area (Å²) < 4.78 is 0. The Morgan fingerprint density at radius 1 is 1.12 bits per heavy atom. The monoisotopic (exact) mass is 458 g/mol. The highest BCUT2D eigenvalue weighted by molar-refractivity contribution is 6.30. The van der Waals surface area contributed by atoms with Gasteiger partial charge in [-0.25, -0.2) is 9.97 Å². The van der Waals surface area contributed by atoms with Crippen molar-refractivity contribution in [1.82, 2.24) is 20.6 Å². The molecule has 3 aromatic rings. The first-order chi connectivity index (χ1) is 15.9. The van der Waals surface area contributed by atoms with Crippen molar-refractivity contribution in [2.75, 3.05) is 7.05 Å². The van der Waals surface area contributed by atoms with Crippen LogP contribution in [0, 0.1) is 12.3 Å². The molecule has 1 aromatic heterocycles.